The maximum absolute atomic E-state index is 13.2. The Morgan fingerprint density at radius 3 is 2.40 bits per heavy atom. The molecule has 8 nitrogen and oxygen atoms in total. The van der Waals surface area contributed by atoms with Crippen LogP contribution in [-0.2, 0) is 22.4 Å². The van der Waals surface area contributed by atoms with E-state index in [1.54, 1.807) is 6.07 Å². The van der Waals surface area contributed by atoms with Crippen LogP contribution in [0.3, 0.4) is 0 Å². The van der Waals surface area contributed by atoms with Gasteiger partial charge in [0.25, 0.3) is 5.91 Å². The second-order valence-electron chi connectivity index (χ2n) is 12.0. The van der Waals surface area contributed by atoms with Crippen molar-refractivity contribution in [3.8, 4) is 5.75 Å². The van der Waals surface area contributed by atoms with Crippen LogP contribution in [0.25, 0.3) is 0 Å². The summed E-state index contributed by atoms with van der Waals surface area (Å²) in [5.74, 6) is 1.16. The number of para-hydroxylation sites is 1. The van der Waals surface area contributed by atoms with E-state index < -0.39 is 12.2 Å². The third-order valence-electron chi connectivity index (χ3n) is 9.12. The number of hydrogen-bond donors (Lipinski definition) is 3. The lowest BCUT2D eigenvalue weighted by atomic mass is 9.73. The molecule has 0 aromatic heterocycles. The van der Waals surface area contributed by atoms with Gasteiger partial charge in [0.1, 0.15) is 5.75 Å². The third-order valence-corrected chi connectivity index (χ3v) is 9.12. The highest BCUT2D eigenvalue weighted by Gasteiger charge is 2.40. The molecule has 2 amide bonds. The smallest absolute Gasteiger partial charge is 0.257 e. The first-order chi connectivity index (χ1) is 19.4. The van der Waals surface area contributed by atoms with Crippen LogP contribution in [0.15, 0.2) is 54.6 Å². The SMILES string of the molecule is O=C1COc2ccccc2C[C@H](O)[C@H](O)CC2(CCN(C(=O)CN3CCC(Cc4ccccc4)CC3)CC2)CN1. The highest BCUT2D eigenvalue weighted by molar-refractivity contribution is 5.78. The van der Waals surface area contributed by atoms with E-state index in [1.807, 2.05) is 23.1 Å². The number of carbonyl (C=O) groups excluding carboxylic acids is 2. The number of rotatable bonds is 4. The molecule has 3 heterocycles. The largest absolute Gasteiger partial charge is 0.483 e. The van der Waals surface area contributed by atoms with Crippen molar-refractivity contribution in [1.82, 2.24) is 15.1 Å². The molecule has 0 bridgehead atoms. The average Bonchev–Trinajstić information content (AvgIpc) is 2.97. The number of nitrogens with zero attached hydrogens (tertiary/aromatic N) is 2. The normalized spacial score (nSPS) is 24.8. The number of hydrogen-bond acceptors (Lipinski definition) is 6. The van der Waals surface area contributed by atoms with Gasteiger partial charge in [0, 0.05) is 26.1 Å². The van der Waals surface area contributed by atoms with Crippen molar-refractivity contribution in [2.75, 3.05) is 45.9 Å². The van der Waals surface area contributed by atoms with Gasteiger partial charge in [0.05, 0.1) is 18.8 Å². The number of nitrogens with one attached hydrogen (secondary N) is 1. The first-order valence-electron chi connectivity index (χ1n) is 14.8. The van der Waals surface area contributed by atoms with Crippen LogP contribution in [0.4, 0.5) is 0 Å². The summed E-state index contributed by atoms with van der Waals surface area (Å²) in [6.07, 6.45) is 3.39. The molecule has 40 heavy (non-hydrogen) atoms. The molecular formula is C32H43N3O5. The number of piperidine rings is 2. The maximum Gasteiger partial charge on any atom is 0.257 e. The van der Waals surface area contributed by atoms with Gasteiger partial charge in [-0.05, 0) is 80.1 Å². The Labute approximate surface area is 237 Å². The van der Waals surface area contributed by atoms with Gasteiger partial charge in [-0.2, -0.15) is 0 Å². The van der Waals surface area contributed by atoms with Crippen molar-refractivity contribution >= 4 is 11.8 Å². The molecule has 0 aliphatic carbocycles. The number of aliphatic hydroxyl groups excluding tert-OH is 2. The molecule has 8 heteroatoms. The summed E-state index contributed by atoms with van der Waals surface area (Å²) in [5, 5.41) is 24.8. The van der Waals surface area contributed by atoms with Crippen molar-refractivity contribution in [3.63, 3.8) is 0 Å². The third kappa shape index (κ3) is 7.42. The summed E-state index contributed by atoms with van der Waals surface area (Å²) in [7, 11) is 0. The van der Waals surface area contributed by atoms with Crippen LogP contribution >= 0.6 is 0 Å². The summed E-state index contributed by atoms with van der Waals surface area (Å²) in [6, 6.07) is 17.9. The molecule has 216 valence electrons. The fraction of sp³-hybridized carbons (Fsp3) is 0.562. The van der Waals surface area contributed by atoms with Gasteiger partial charge in [-0.15, -0.1) is 0 Å². The Kier molecular flexibility index (Phi) is 9.40. The Morgan fingerprint density at radius 1 is 0.950 bits per heavy atom. The lowest BCUT2D eigenvalue weighted by Gasteiger charge is -2.44. The van der Waals surface area contributed by atoms with Crippen LogP contribution in [-0.4, -0.2) is 89.9 Å². The molecule has 0 radical (unpaired) electrons. The van der Waals surface area contributed by atoms with Crippen molar-refractivity contribution in [1.29, 1.82) is 0 Å². The fourth-order valence-corrected chi connectivity index (χ4v) is 6.51. The van der Waals surface area contributed by atoms with E-state index in [9.17, 15) is 19.8 Å². The van der Waals surface area contributed by atoms with Gasteiger partial charge >= 0.3 is 0 Å². The molecule has 1 spiro atoms. The number of benzene rings is 2. The molecule has 3 aliphatic heterocycles. The zero-order chi connectivity index (χ0) is 28.0. The summed E-state index contributed by atoms with van der Waals surface area (Å²) in [4.78, 5) is 30.0. The molecule has 2 aromatic rings. The average molecular weight is 550 g/mol. The number of carbonyl (C=O) groups is 2. The number of fused-ring (bicyclic) bond motifs is 1. The number of aliphatic hydroxyl groups is 2. The zero-order valence-corrected chi connectivity index (χ0v) is 23.3. The molecular weight excluding hydrogens is 506 g/mol. The van der Waals surface area contributed by atoms with E-state index in [-0.39, 0.29) is 30.3 Å². The second kappa shape index (κ2) is 13.1. The molecule has 2 atom stereocenters. The Morgan fingerprint density at radius 2 is 1.65 bits per heavy atom. The van der Waals surface area contributed by atoms with Crippen molar-refractivity contribution in [3.05, 3.63) is 65.7 Å². The van der Waals surface area contributed by atoms with Crippen LogP contribution in [0.2, 0.25) is 0 Å². The topological polar surface area (TPSA) is 102 Å². The van der Waals surface area contributed by atoms with E-state index in [0.29, 0.717) is 57.1 Å². The minimum atomic E-state index is -0.943. The lowest BCUT2D eigenvalue weighted by molar-refractivity contribution is -0.136. The van der Waals surface area contributed by atoms with Crippen molar-refractivity contribution in [2.45, 2.75) is 57.2 Å². The predicted molar refractivity (Wildman–Crippen MR) is 153 cm³/mol. The van der Waals surface area contributed by atoms with E-state index in [0.717, 1.165) is 37.9 Å². The molecule has 2 aromatic carbocycles. The van der Waals surface area contributed by atoms with Crippen molar-refractivity contribution in [2.24, 2.45) is 11.3 Å². The fourth-order valence-electron chi connectivity index (χ4n) is 6.51. The van der Waals surface area contributed by atoms with Gasteiger partial charge in [-0.3, -0.25) is 14.5 Å². The molecule has 2 saturated heterocycles. The number of amides is 2. The van der Waals surface area contributed by atoms with Crippen LogP contribution in [0, 0.1) is 11.3 Å². The highest BCUT2D eigenvalue weighted by Crippen LogP contribution is 2.37. The molecule has 3 N–H and O–H groups in total. The van der Waals surface area contributed by atoms with E-state index in [4.69, 9.17) is 4.74 Å². The van der Waals surface area contributed by atoms with E-state index in [1.165, 1.54) is 5.56 Å². The maximum atomic E-state index is 13.2. The molecule has 2 fully saturated rings. The first kappa shape index (κ1) is 28.6. The molecule has 3 aliphatic rings. The monoisotopic (exact) mass is 549 g/mol. The highest BCUT2D eigenvalue weighted by atomic mass is 16.5. The first-order valence-corrected chi connectivity index (χ1v) is 14.8. The Bertz CT molecular complexity index is 1130. The zero-order valence-electron chi connectivity index (χ0n) is 23.3. The summed E-state index contributed by atoms with van der Waals surface area (Å²) >= 11 is 0. The molecule has 0 saturated carbocycles. The number of likely N-dealkylation sites (tertiary alicyclic amines) is 2. The van der Waals surface area contributed by atoms with E-state index >= 15 is 0 Å². The van der Waals surface area contributed by atoms with Crippen LogP contribution in [0.5, 0.6) is 5.75 Å². The quantitative estimate of drug-likeness (QED) is 0.542. The van der Waals surface area contributed by atoms with Gasteiger partial charge < -0.3 is 25.2 Å². The summed E-state index contributed by atoms with van der Waals surface area (Å²) < 4.78 is 5.73. The lowest BCUT2D eigenvalue weighted by Crippen LogP contribution is -2.52. The molecule has 0 unspecified atom stereocenters. The number of ether oxygens (including phenoxy) is 1. The summed E-state index contributed by atoms with van der Waals surface area (Å²) in [6.45, 7) is 3.79. The Hall–Kier alpha value is -2.94. The molecule has 5 rings (SSSR count). The van der Waals surface area contributed by atoms with Crippen LogP contribution in [0.1, 0.15) is 43.2 Å². The van der Waals surface area contributed by atoms with Gasteiger partial charge in [-0.1, -0.05) is 48.5 Å². The minimum absolute atomic E-state index is 0.0988. The minimum Gasteiger partial charge on any atom is -0.483 e. The van der Waals surface area contributed by atoms with Gasteiger partial charge in [0.2, 0.25) is 5.91 Å². The second-order valence-corrected chi connectivity index (χ2v) is 12.0. The van der Waals surface area contributed by atoms with Gasteiger partial charge in [-0.25, -0.2) is 0 Å². The Balaban J connectivity index is 1.13. The van der Waals surface area contributed by atoms with Crippen molar-refractivity contribution < 1.29 is 24.5 Å². The predicted octanol–water partition coefficient (Wildman–Crippen LogP) is 2.41. The van der Waals surface area contributed by atoms with Crippen LogP contribution < -0.4 is 10.1 Å². The van der Waals surface area contributed by atoms with E-state index in [2.05, 4.69) is 40.5 Å². The van der Waals surface area contributed by atoms with Gasteiger partial charge in [0.15, 0.2) is 6.61 Å². The standard InChI is InChI=1S/C32H43N3O5/c36-27-19-26-8-4-5-9-29(26)40-22-30(38)33-23-32(20-28(27)37)12-16-35(17-13-32)31(39)21-34-14-10-25(11-15-34)18-24-6-2-1-3-7-24/h1-9,25,27-28,36-37H,10-23H2,(H,33,38)/t27-,28+/m0/s1. The summed E-state index contributed by atoms with van der Waals surface area (Å²) in [5.41, 5.74) is 1.76.